The number of benzene rings is 1. The van der Waals surface area contributed by atoms with Gasteiger partial charge in [-0.2, -0.15) is 0 Å². The molecule has 0 fully saturated rings. The van der Waals surface area contributed by atoms with Crippen molar-refractivity contribution in [1.29, 1.82) is 0 Å². The number of nitrogens with zero attached hydrogens (tertiary/aromatic N) is 2. The van der Waals surface area contributed by atoms with Crippen molar-refractivity contribution in [2.24, 2.45) is 0 Å². The Labute approximate surface area is 138 Å². The Morgan fingerprint density at radius 3 is 2.36 bits per heavy atom. The first-order valence-corrected chi connectivity index (χ1v) is 8.12. The molecule has 1 aromatic carbocycles. The molecule has 2 rings (SSSR count). The molecule has 0 bridgehead atoms. The van der Waals surface area contributed by atoms with E-state index in [4.69, 9.17) is 11.6 Å². The van der Waals surface area contributed by atoms with Gasteiger partial charge >= 0.3 is 0 Å². The molecule has 0 spiro atoms. The number of aromatic nitrogens is 2. The van der Waals surface area contributed by atoms with Crippen molar-refractivity contribution in [3.8, 4) is 0 Å². The van der Waals surface area contributed by atoms with Gasteiger partial charge in [0.2, 0.25) is 0 Å². The van der Waals surface area contributed by atoms with Gasteiger partial charge in [0.15, 0.2) is 0 Å². The molecule has 0 atom stereocenters. The fourth-order valence-electron chi connectivity index (χ4n) is 2.27. The fraction of sp³-hybridized carbons (Fsp3) is 0.444. The van der Waals surface area contributed by atoms with Crippen LogP contribution in [-0.2, 0) is 18.3 Å². The summed E-state index contributed by atoms with van der Waals surface area (Å²) in [5.74, 6) is 0.722. The first-order valence-electron chi connectivity index (χ1n) is 7.74. The van der Waals surface area contributed by atoms with Crippen LogP contribution in [0.25, 0.3) is 0 Å². The van der Waals surface area contributed by atoms with Crippen LogP contribution in [0, 0.1) is 0 Å². The third-order valence-corrected chi connectivity index (χ3v) is 4.12. The second-order valence-corrected chi connectivity index (χ2v) is 6.84. The van der Waals surface area contributed by atoms with Crippen LogP contribution >= 0.6 is 11.6 Å². The van der Waals surface area contributed by atoms with Gasteiger partial charge in [0, 0.05) is 6.54 Å². The number of aryl methyl sites for hydroxylation is 1. The molecule has 4 heteroatoms. The maximum absolute atomic E-state index is 6.27. The summed E-state index contributed by atoms with van der Waals surface area (Å²) < 4.78 is 0. The second-order valence-electron chi connectivity index (χ2n) is 6.46. The molecule has 1 heterocycles. The quantitative estimate of drug-likeness (QED) is 0.872. The minimum atomic E-state index is 0.196. The Morgan fingerprint density at radius 2 is 1.77 bits per heavy atom. The lowest BCUT2D eigenvalue weighted by Gasteiger charge is -2.19. The zero-order valence-electron chi connectivity index (χ0n) is 13.8. The van der Waals surface area contributed by atoms with E-state index in [1.54, 1.807) is 6.33 Å². The number of halogens is 1. The van der Waals surface area contributed by atoms with Crippen molar-refractivity contribution in [1.82, 2.24) is 9.97 Å². The molecule has 0 saturated heterocycles. The van der Waals surface area contributed by atoms with E-state index in [0.29, 0.717) is 5.02 Å². The van der Waals surface area contributed by atoms with E-state index in [1.807, 2.05) is 6.92 Å². The molecule has 0 aliphatic heterocycles. The van der Waals surface area contributed by atoms with Crippen LogP contribution in [0.2, 0.25) is 5.02 Å². The van der Waals surface area contributed by atoms with E-state index in [-0.39, 0.29) is 5.41 Å². The molecule has 1 N–H and O–H groups in total. The minimum Gasteiger partial charge on any atom is -0.368 e. The third-order valence-electron chi connectivity index (χ3n) is 3.72. The average Bonchev–Trinajstić information content (AvgIpc) is 2.48. The van der Waals surface area contributed by atoms with E-state index >= 15 is 0 Å². The predicted molar refractivity (Wildman–Crippen MR) is 93.8 cm³/mol. The lowest BCUT2D eigenvalue weighted by molar-refractivity contribution is 0.590. The van der Waals surface area contributed by atoms with Crippen LogP contribution in [0.3, 0.4) is 0 Å². The standard InChI is InChI=1S/C18H24ClN3/c1-5-15-16(19)17(22-12-21-15)20-11-10-13-6-8-14(9-7-13)18(2,3)4/h6-9,12H,5,10-11H2,1-4H3,(H,20,21,22). The Balaban J connectivity index is 1.94. The summed E-state index contributed by atoms with van der Waals surface area (Å²) in [4.78, 5) is 8.38. The molecule has 118 valence electrons. The number of anilines is 1. The van der Waals surface area contributed by atoms with Crippen LogP contribution in [0.15, 0.2) is 30.6 Å². The van der Waals surface area contributed by atoms with Crippen LogP contribution in [0.4, 0.5) is 5.82 Å². The summed E-state index contributed by atoms with van der Waals surface area (Å²) in [5, 5.41) is 3.93. The van der Waals surface area contributed by atoms with E-state index in [1.165, 1.54) is 11.1 Å². The molecule has 3 nitrogen and oxygen atoms in total. The van der Waals surface area contributed by atoms with Crippen molar-refractivity contribution in [2.45, 2.75) is 46.0 Å². The Kier molecular flexibility index (Phi) is 5.41. The molecular formula is C18H24ClN3. The summed E-state index contributed by atoms with van der Waals surface area (Å²) >= 11 is 6.27. The summed E-state index contributed by atoms with van der Waals surface area (Å²) in [6.45, 7) is 9.52. The average molecular weight is 318 g/mol. The normalized spacial score (nSPS) is 11.5. The topological polar surface area (TPSA) is 37.8 Å². The van der Waals surface area contributed by atoms with E-state index in [2.05, 4.69) is 60.3 Å². The van der Waals surface area contributed by atoms with Crippen molar-refractivity contribution in [3.05, 3.63) is 52.4 Å². The second kappa shape index (κ2) is 7.10. The van der Waals surface area contributed by atoms with Crippen molar-refractivity contribution < 1.29 is 0 Å². The van der Waals surface area contributed by atoms with Gasteiger partial charge in [0.1, 0.15) is 17.2 Å². The van der Waals surface area contributed by atoms with Gasteiger partial charge in [-0.3, -0.25) is 0 Å². The van der Waals surface area contributed by atoms with Crippen LogP contribution in [-0.4, -0.2) is 16.5 Å². The third kappa shape index (κ3) is 4.20. The molecule has 2 aromatic rings. The first-order chi connectivity index (χ1) is 10.4. The molecule has 22 heavy (non-hydrogen) atoms. The van der Waals surface area contributed by atoms with Gasteiger partial charge in [0.25, 0.3) is 0 Å². The molecule has 1 aromatic heterocycles. The van der Waals surface area contributed by atoms with Gasteiger partial charge in [0.05, 0.1) is 5.69 Å². The first kappa shape index (κ1) is 16.8. The maximum atomic E-state index is 6.27. The van der Waals surface area contributed by atoms with Gasteiger partial charge in [-0.25, -0.2) is 9.97 Å². The van der Waals surface area contributed by atoms with Gasteiger partial charge in [-0.05, 0) is 29.4 Å². The molecule has 0 radical (unpaired) electrons. The maximum Gasteiger partial charge on any atom is 0.148 e. The SMILES string of the molecule is CCc1ncnc(NCCc2ccc(C(C)(C)C)cc2)c1Cl. The highest BCUT2D eigenvalue weighted by Gasteiger charge is 2.12. The summed E-state index contributed by atoms with van der Waals surface area (Å²) in [5.41, 5.74) is 3.74. The van der Waals surface area contributed by atoms with Gasteiger partial charge in [-0.15, -0.1) is 0 Å². The molecule has 0 aliphatic carbocycles. The Bertz CT molecular complexity index is 615. The minimum absolute atomic E-state index is 0.196. The van der Waals surface area contributed by atoms with Gasteiger partial charge < -0.3 is 5.32 Å². The Morgan fingerprint density at radius 1 is 1.09 bits per heavy atom. The zero-order chi connectivity index (χ0) is 16.2. The summed E-state index contributed by atoms with van der Waals surface area (Å²) in [6, 6.07) is 8.81. The molecule has 0 aliphatic rings. The van der Waals surface area contributed by atoms with Crippen molar-refractivity contribution >= 4 is 17.4 Å². The van der Waals surface area contributed by atoms with Crippen LogP contribution in [0.5, 0.6) is 0 Å². The van der Waals surface area contributed by atoms with E-state index in [9.17, 15) is 0 Å². The highest BCUT2D eigenvalue weighted by molar-refractivity contribution is 6.33. The van der Waals surface area contributed by atoms with Crippen LogP contribution in [0.1, 0.15) is 44.5 Å². The highest BCUT2D eigenvalue weighted by atomic mass is 35.5. The van der Waals surface area contributed by atoms with E-state index in [0.717, 1.165) is 30.9 Å². The zero-order valence-corrected chi connectivity index (χ0v) is 14.5. The molecule has 0 saturated carbocycles. The molecule has 0 unspecified atom stereocenters. The highest BCUT2D eigenvalue weighted by Crippen LogP contribution is 2.23. The largest absolute Gasteiger partial charge is 0.368 e. The summed E-state index contributed by atoms with van der Waals surface area (Å²) in [7, 11) is 0. The molecular weight excluding hydrogens is 294 g/mol. The predicted octanol–water partition coefficient (Wildman–Crippen LogP) is 4.64. The van der Waals surface area contributed by atoms with Gasteiger partial charge in [-0.1, -0.05) is 63.6 Å². The number of rotatable bonds is 5. The number of hydrogen-bond acceptors (Lipinski definition) is 3. The van der Waals surface area contributed by atoms with Crippen molar-refractivity contribution in [3.63, 3.8) is 0 Å². The monoisotopic (exact) mass is 317 g/mol. The van der Waals surface area contributed by atoms with Crippen molar-refractivity contribution in [2.75, 3.05) is 11.9 Å². The number of nitrogens with one attached hydrogen (secondary N) is 1. The lowest BCUT2D eigenvalue weighted by atomic mass is 9.86. The van der Waals surface area contributed by atoms with Crippen LogP contribution < -0.4 is 5.32 Å². The fourth-order valence-corrected chi connectivity index (χ4v) is 2.57. The summed E-state index contributed by atoms with van der Waals surface area (Å²) in [6.07, 6.45) is 3.31. The Hall–Kier alpha value is -1.61. The molecule has 0 amide bonds. The van der Waals surface area contributed by atoms with E-state index < -0.39 is 0 Å². The smallest absolute Gasteiger partial charge is 0.148 e. The lowest BCUT2D eigenvalue weighted by Crippen LogP contribution is -2.11. The number of hydrogen-bond donors (Lipinski definition) is 1.